The maximum absolute atomic E-state index is 12.6. The van der Waals surface area contributed by atoms with Crippen molar-refractivity contribution in [2.75, 3.05) is 26.2 Å². The van der Waals surface area contributed by atoms with Crippen LogP contribution in [0.5, 0.6) is 0 Å². The molecule has 4 heteroatoms. The van der Waals surface area contributed by atoms with Crippen molar-refractivity contribution < 1.29 is 4.79 Å². The number of carbonyl (C=O) groups excluding carboxylic acids is 1. The van der Waals surface area contributed by atoms with Gasteiger partial charge in [0.1, 0.15) is 0 Å². The van der Waals surface area contributed by atoms with Gasteiger partial charge in [-0.25, -0.2) is 0 Å². The summed E-state index contributed by atoms with van der Waals surface area (Å²) < 4.78 is 0. The minimum atomic E-state index is 0.0855. The highest BCUT2D eigenvalue weighted by Crippen LogP contribution is 2.20. The average molecular weight is 309 g/mol. The summed E-state index contributed by atoms with van der Waals surface area (Å²) in [7, 11) is 0. The van der Waals surface area contributed by atoms with Gasteiger partial charge in [0.2, 0.25) is 5.91 Å². The second-order valence-electron chi connectivity index (χ2n) is 7.66. The minimum Gasteiger partial charge on any atom is -0.353 e. The molecule has 2 atom stereocenters. The zero-order valence-corrected chi connectivity index (χ0v) is 15.0. The van der Waals surface area contributed by atoms with E-state index in [9.17, 15) is 4.79 Å². The zero-order valence-electron chi connectivity index (χ0n) is 15.0. The molecule has 0 aromatic carbocycles. The highest BCUT2D eigenvalue weighted by atomic mass is 16.2. The van der Waals surface area contributed by atoms with E-state index in [2.05, 4.69) is 42.8 Å². The summed E-state index contributed by atoms with van der Waals surface area (Å²) in [5, 5.41) is 3.22. The van der Waals surface area contributed by atoms with E-state index in [4.69, 9.17) is 0 Å². The lowest BCUT2D eigenvalue weighted by Gasteiger charge is -2.38. The van der Waals surface area contributed by atoms with Gasteiger partial charge >= 0.3 is 0 Å². The number of nitrogens with one attached hydrogen (secondary N) is 1. The van der Waals surface area contributed by atoms with Gasteiger partial charge in [-0.1, -0.05) is 13.3 Å². The molecule has 1 N–H and O–H groups in total. The molecule has 1 amide bonds. The first-order valence-corrected chi connectivity index (χ1v) is 9.26. The lowest BCUT2D eigenvalue weighted by atomic mass is 9.98. The number of nitrogens with zero attached hydrogens (tertiary/aromatic N) is 2. The van der Waals surface area contributed by atoms with Crippen LogP contribution in [0, 0.1) is 5.92 Å². The third-order valence-electron chi connectivity index (χ3n) is 5.52. The molecule has 0 aromatic heterocycles. The molecular formula is C18H35N3O. The first-order chi connectivity index (χ1) is 10.5. The Morgan fingerprint density at radius 3 is 2.41 bits per heavy atom. The second kappa shape index (κ2) is 8.30. The quantitative estimate of drug-likeness (QED) is 0.847. The normalized spacial score (nSPS) is 27.0. The third kappa shape index (κ3) is 4.69. The fourth-order valence-electron chi connectivity index (χ4n) is 3.82. The van der Waals surface area contributed by atoms with Gasteiger partial charge < -0.3 is 5.32 Å². The van der Waals surface area contributed by atoms with Crippen LogP contribution in [0.2, 0.25) is 0 Å². The minimum absolute atomic E-state index is 0.0855. The standard InChI is InChI=1S/C18H35N3O/c1-14(2)21-10-6-5-7-17(21)18(22)19-13-16(4)20-11-8-15(3)9-12-20/h14-17H,5-13H2,1-4H3,(H,19,22). The summed E-state index contributed by atoms with van der Waals surface area (Å²) in [4.78, 5) is 17.5. The Hall–Kier alpha value is -0.610. The van der Waals surface area contributed by atoms with E-state index in [1.807, 2.05) is 0 Å². The molecule has 0 aromatic rings. The Kier molecular flexibility index (Phi) is 6.69. The van der Waals surface area contributed by atoms with E-state index >= 15 is 0 Å². The highest BCUT2D eigenvalue weighted by Gasteiger charge is 2.30. The number of amides is 1. The number of carbonyl (C=O) groups is 1. The van der Waals surface area contributed by atoms with Crippen molar-refractivity contribution in [1.29, 1.82) is 0 Å². The summed E-state index contributed by atoms with van der Waals surface area (Å²) in [5.41, 5.74) is 0. The molecule has 2 heterocycles. The van der Waals surface area contributed by atoms with Gasteiger partial charge in [-0.3, -0.25) is 14.6 Å². The summed E-state index contributed by atoms with van der Waals surface area (Å²) >= 11 is 0. The summed E-state index contributed by atoms with van der Waals surface area (Å²) in [5.74, 6) is 1.10. The Bertz CT molecular complexity index is 350. The fraction of sp³-hybridized carbons (Fsp3) is 0.944. The molecule has 0 spiro atoms. The van der Waals surface area contributed by atoms with Crippen molar-refractivity contribution in [2.24, 2.45) is 5.92 Å². The first-order valence-electron chi connectivity index (χ1n) is 9.26. The second-order valence-corrected chi connectivity index (χ2v) is 7.66. The number of piperidine rings is 2. The van der Waals surface area contributed by atoms with Crippen molar-refractivity contribution in [3.05, 3.63) is 0 Å². The lowest BCUT2D eigenvalue weighted by Crippen LogP contribution is -2.54. The van der Waals surface area contributed by atoms with Crippen molar-refractivity contribution >= 4 is 5.91 Å². The molecule has 0 saturated carbocycles. The van der Waals surface area contributed by atoms with Crippen molar-refractivity contribution in [3.63, 3.8) is 0 Å². The monoisotopic (exact) mass is 309 g/mol. The van der Waals surface area contributed by atoms with Crippen LogP contribution in [0.3, 0.4) is 0 Å². The van der Waals surface area contributed by atoms with Crippen LogP contribution >= 0.6 is 0 Å². The maximum atomic E-state index is 12.6. The van der Waals surface area contributed by atoms with Gasteiger partial charge in [0.15, 0.2) is 0 Å². The molecule has 2 aliphatic rings. The Morgan fingerprint density at radius 2 is 1.77 bits per heavy atom. The lowest BCUT2D eigenvalue weighted by molar-refractivity contribution is -0.128. The van der Waals surface area contributed by atoms with E-state index in [-0.39, 0.29) is 11.9 Å². The highest BCUT2D eigenvalue weighted by molar-refractivity contribution is 5.81. The van der Waals surface area contributed by atoms with Gasteiger partial charge in [-0.15, -0.1) is 0 Å². The van der Waals surface area contributed by atoms with Crippen LogP contribution in [0.15, 0.2) is 0 Å². The van der Waals surface area contributed by atoms with Gasteiger partial charge in [0.05, 0.1) is 6.04 Å². The molecule has 2 unspecified atom stereocenters. The molecule has 2 fully saturated rings. The van der Waals surface area contributed by atoms with Crippen molar-refractivity contribution in [3.8, 4) is 0 Å². The van der Waals surface area contributed by atoms with E-state index in [1.54, 1.807) is 0 Å². The molecule has 4 nitrogen and oxygen atoms in total. The van der Waals surface area contributed by atoms with E-state index in [0.29, 0.717) is 12.1 Å². The van der Waals surface area contributed by atoms with Crippen LogP contribution in [-0.2, 0) is 4.79 Å². The van der Waals surface area contributed by atoms with E-state index < -0.39 is 0 Å². The summed E-state index contributed by atoms with van der Waals surface area (Å²) in [6.07, 6.45) is 6.01. The van der Waals surface area contributed by atoms with E-state index in [0.717, 1.165) is 25.4 Å². The topological polar surface area (TPSA) is 35.6 Å². The van der Waals surface area contributed by atoms with Crippen LogP contribution in [0.4, 0.5) is 0 Å². The molecule has 0 radical (unpaired) electrons. The smallest absolute Gasteiger partial charge is 0.237 e. The number of likely N-dealkylation sites (tertiary alicyclic amines) is 2. The Balaban J connectivity index is 1.78. The predicted octanol–water partition coefficient (Wildman–Crippen LogP) is 2.49. The van der Waals surface area contributed by atoms with Crippen LogP contribution in [-0.4, -0.2) is 60.0 Å². The average Bonchev–Trinajstić information content (AvgIpc) is 2.53. The summed E-state index contributed by atoms with van der Waals surface area (Å²) in [6.45, 7) is 13.2. The number of hydrogen-bond donors (Lipinski definition) is 1. The van der Waals surface area contributed by atoms with Crippen molar-refractivity contribution in [2.45, 2.75) is 77.9 Å². The molecule has 2 aliphatic heterocycles. The molecular weight excluding hydrogens is 274 g/mol. The SMILES string of the molecule is CC1CCN(C(C)CNC(=O)C2CCCCN2C(C)C)CC1. The van der Waals surface area contributed by atoms with Gasteiger partial charge in [-0.05, 0) is 72.0 Å². The van der Waals surface area contributed by atoms with Crippen LogP contribution in [0.25, 0.3) is 0 Å². The van der Waals surface area contributed by atoms with Crippen molar-refractivity contribution in [1.82, 2.24) is 15.1 Å². The number of rotatable bonds is 5. The first kappa shape index (κ1) is 17.7. The molecule has 22 heavy (non-hydrogen) atoms. The zero-order chi connectivity index (χ0) is 16.1. The van der Waals surface area contributed by atoms with Gasteiger partial charge in [0.25, 0.3) is 0 Å². The molecule has 2 saturated heterocycles. The molecule has 2 rings (SSSR count). The van der Waals surface area contributed by atoms with Crippen LogP contribution in [0.1, 0.15) is 59.8 Å². The van der Waals surface area contributed by atoms with Crippen LogP contribution < -0.4 is 5.32 Å². The fourth-order valence-corrected chi connectivity index (χ4v) is 3.82. The Morgan fingerprint density at radius 1 is 1.09 bits per heavy atom. The molecule has 0 aliphatic carbocycles. The predicted molar refractivity (Wildman–Crippen MR) is 91.9 cm³/mol. The van der Waals surface area contributed by atoms with E-state index in [1.165, 1.54) is 38.8 Å². The molecule has 128 valence electrons. The molecule has 0 bridgehead atoms. The third-order valence-corrected chi connectivity index (χ3v) is 5.52. The van der Waals surface area contributed by atoms with Gasteiger partial charge in [0, 0.05) is 18.6 Å². The Labute approximate surface area is 136 Å². The maximum Gasteiger partial charge on any atom is 0.237 e. The summed E-state index contributed by atoms with van der Waals surface area (Å²) in [6, 6.07) is 0.993. The number of hydrogen-bond acceptors (Lipinski definition) is 3. The van der Waals surface area contributed by atoms with Gasteiger partial charge in [-0.2, -0.15) is 0 Å². The largest absolute Gasteiger partial charge is 0.353 e.